The average Bonchev–Trinajstić information content (AvgIpc) is 3.53. The second kappa shape index (κ2) is 8.48. The lowest BCUT2D eigenvalue weighted by atomic mass is 9.79. The third kappa shape index (κ3) is 3.77. The van der Waals surface area contributed by atoms with E-state index in [1.54, 1.807) is 12.3 Å². The van der Waals surface area contributed by atoms with Crippen LogP contribution in [0.4, 0.5) is 0 Å². The van der Waals surface area contributed by atoms with Gasteiger partial charge < -0.3 is 19.2 Å². The average molecular weight is 455 g/mol. The predicted octanol–water partition coefficient (Wildman–Crippen LogP) is 4.45. The van der Waals surface area contributed by atoms with Crippen LogP contribution < -0.4 is 0 Å². The van der Waals surface area contributed by atoms with Gasteiger partial charge in [-0.2, -0.15) is 0 Å². The summed E-state index contributed by atoms with van der Waals surface area (Å²) in [6, 6.07) is 18.9. The number of aromatic amines is 1. The lowest BCUT2D eigenvalue weighted by Crippen LogP contribution is -2.54. The fourth-order valence-corrected chi connectivity index (χ4v) is 5.13. The number of amides is 2. The molecule has 2 aromatic heterocycles. The summed E-state index contributed by atoms with van der Waals surface area (Å²) in [5.41, 5.74) is 3.57. The summed E-state index contributed by atoms with van der Waals surface area (Å²) in [4.78, 5) is 37.0. The third-order valence-electron chi connectivity index (χ3n) is 7.17. The Balaban J connectivity index is 1.06. The minimum Gasteiger partial charge on any atom is -0.436 e. The molecule has 2 aliphatic heterocycles. The van der Waals surface area contributed by atoms with Crippen molar-refractivity contribution in [1.29, 1.82) is 0 Å². The van der Waals surface area contributed by atoms with Crippen LogP contribution in [0, 0.1) is 11.8 Å². The summed E-state index contributed by atoms with van der Waals surface area (Å²) < 4.78 is 5.93. The molecule has 6 rings (SSSR count). The second-order valence-corrected chi connectivity index (χ2v) is 9.25. The first-order valence-electron chi connectivity index (χ1n) is 11.8. The van der Waals surface area contributed by atoms with Crippen molar-refractivity contribution >= 4 is 22.9 Å². The zero-order valence-corrected chi connectivity index (χ0v) is 18.8. The van der Waals surface area contributed by atoms with E-state index in [1.807, 2.05) is 64.4 Å². The first-order chi connectivity index (χ1) is 16.7. The minimum atomic E-state index is 0.0372. The van der Waals surface area contributed by atoms with E-state index < -0.39 is 0 Å². The maximum absolute atomic E-state index is 13.1. The molecule has 7 nitrogen and oxygen atoms in total. The molecular formula is C27H26N4O3. The molecule has 2 saturated heterocycles. The molecule has 2 aromatic carbocycles. The molecular weight excluding hydrogens is 428 g/mol. The van der Waals surface area contributed by atoms with E-state index in [0.717, 1.165) is 50.1 Å². The zero-order valence-electron chi connectivity index (χ0n) is 18.8. The van der Waals surface area contributed by atoms with E-state index >= 15 is 0 Å². The Morgan fingerprint density at radius 1 is 0.882 bits per heavy atom. The van der Waals surface area contributed by atoms with E-state index in [2.05, 4.69) is 9.97 Å². The number of benzene rings is 2. The fraction of sp³-hybridized carbons (Fsp3) is 0.296. The summed E-state index contributed by atoms with van der Waals surface area (Å²) >= 11 is 0. The number of nitrogens with zero attached hydrogens (tertiary/aromatic N) is 3. The van der Waals surface area contributed by atoms with Crippen molar-refractivity contribution in [3.05, 3.63) is 78.1 Å². The number of carbonyl (C=O) groups excluding carboxylic acids is 2. The standard InChI is InChI=1S/C27H26N4O3/c32-26(20-8-9-22-24(15-20)34-25(29-22)19-5-2-1-3-6-19)31-16-21(17-31)18-10-13-30(14-11-18)27(33)23-7-4-12-28-23/h1-9,12,15,18,21,28H,10-11,13-14,16-17H2. The van der Waals surface area contributed by atoms with Crippen LogP contribution in [0.5, 0.6) is 0 Å². The molecule has 0 bridgehead atoms. The van der Waals surface area contributed by atoms with Crippen LogP contribution in [0.3, 0.4) is 0 Å². The molecule has 0 unspecified atom stereocenters. The molecule has 1 N–H and O–H groups in total. The molecule has 0 spiro atoms. The van der Waals surface area contributed by atoms with Gasteiger partial charge in [0.25, 0.3) is 11.8 Å². The Bertz CT molecular complexity index is 1310. The Morgan fingerprint density at radius 2 is 1.68 bits per heavy atom. The number of fused-ring (bicyclic) bond motifs is 1. The summed E-state index contributed by atoms with van der Waals surface area (Å²) in [6.45, 7) is 3.10. The number of carbonyl (C=O) groups is 2. The molecule has 172 valence electrons. The molecule has 2 amide bonds. The van der Waals surface area contributed by atoms with Gasteiger partial charge in [0.05, 0.1) is 0 Å². The van der Waals surface area contributed by atoms with Gasteiger partial charge >= 0.3 is 0 Å². The quantitative estimate of drug-likeness (QED) is 0.494. The first kappa shape index (κ1) is 20.7. The Kier molecular flexibility index (Phi) is 5.17. The van der Waals surface area contributed by atoms with E-state index in [1.165, 1.54) is 0 Å². The molecule has 4 heterocycles. The first-order valence-corrected chi connectivity index (χ1v) is 11.8. The van der Waals surface area contributed by atoms with Crippen molar-refractivity contribution in [2.24, 2.45) is 11.8 Å². The lowest BCUT2D eigenvalue weighted by molar-refractivity contribution is 0.0227. The molecule has 0 atom stereocenters. The van der Waals surface area contributed by atoms with Gasteiger partial charge in [-0.1, -0.05) is 18.2 Å². The van der Waals surface area contributed by atoms with Gasteiger partial charge in [-0.15, -0.1) is 0 Å². The summed E-state index contributed by atoms with van der Waals surface area (Å²) in [6.07, 6.45) is 3.76. The molecule has 2 aliphatic rings. The highest BCUT2D eigenvalue weighted by Gasteiger charge is 2.38. The topological polar surface area (TPSA) is 82.4 Å². The highest BCUT2D eigenvalue weighted by molar-refractivity contribution is 5.97. The number of H-pyrrole nitrogens is 1. The number of piperidine rings is 1. The number of oxazole rings is 1. The van der Waals surface area contributed by atoms with Crippen LogP contribution in [-0.2, 0) is 0 Å². The van der Waals surface area contributed by atoms with E-state index in [4.69, 9.17) is 4.42 Å². The van der Waals surface area contributed by atoms with Crippen molar-refractivity contribution in [2.75, 3.05) is 26.2 Å². The van der Waals surface area contributed by atoms with Crippen LogP contribution in [0.15, 0.2) is 71.3 Å². The van der Waals surface area contributed by atoms with E-state index in [-0.39, 0.29) is 11.8 Å². The number of rotatable bonds is 4. The van der Waals surface area contributed by atoms with Crippen LogP contribution in [0.2, 0.25) is 0 Å². The molecule has 34 heavy (non-hydrogen) atoms. The number of aromatic nitrogens is 2. The number of likely N-dealkylation sites (tertiary alicyclic amines) is 2. The highest BCUT2D eigenvalue weighted by atomic mass is 16.3. The summed E-state index contributed by atoms with van der Waals surface area (Å²) in [5.74, 6) is 1.74. The van der Waals surface area contributed by atoms with Crippen molar-refractivity contribution < 1.29 is 14.0 Å². The van der Waals surface area contributed by atoms with Crippen molar-refractivity contribution in [1.82, 2.24) is 19.8 Å². The van der Waals surface area contributed by atoms with Gasteiger partial charge in [0.15, 0.2) is 5.58 Å². The molecule has 7 heteroatoms. The largest absolute Gasteiger partial charge is 0.436 e. The van der Waals surface area contributed by atoms with E-state index in [0.29, 0.717) is 34.6 Å². The fourth-order valence-electron chi connectivity index (χ4n) is 5.13. The van der Waals surface area contributed by atoms with Gasteiger partial charge in [0.1, 0.15) is 11.2 Å². The molecule has 0 aliphatic carbocycles. The van der Waals surface area contributed by atoms with Gasteiger partial charge in [-0.25, -0.2) is 4.98 Å². The maximum Gasteiger partial charge on any atom is 0.270 e. The third-order valence-corrected chi connectivity index (χ3v) is 7.17. The number of hydrogen-bond donors (Lipinski definition) is 1. The minimum absolute atomic E-state index is 0.0372. The maximum atomic E-state index is 13.1. The van der Waals surface area contributed by atoms with Crippen molar-refractivity contribution in [3.63, 3.8) is 0 Å². The SMILES string of the molecule is O=C(c1ccc2nc(-c3ccccc3)oc2c1)N1CC(C2CCN(C(=O)c3ccc[nH]3)CC2)C1. The summed E-state index contributed by atoms with van der Waals surface area (Å²) in [7, 11) is 0. The van der Waals surface area contributed by atoms with Crippen LogP contribution >= 0.6 is 0 Å². The lowest BCUT2D eigenvalue weighted by Gasteiger charge is -2.46. The van der Waals surface area contributed by atoms with Gasteiger partial charge in [-0.05, 0) is 67.1 Å². The van der Waals surface area contributed by atoms with Crippen LogP contribution in [-0.4, -0.2) is 57.8 Å². The van der Waals surface area contributed by atoms with Crippen molar-refractivity contribution in [3.8, 4) is 11.5 Å². The molecule has 2 fully saturated rings. The van der Waals surface area contributed by atoms with Crippen LogP contribution in [0.25, 0.3) is 22.6 Å². The zero-order chi connectivity index (χ0) is 23.1. The monoisotopic (exact) mass is 454 g/mol. The molecule has 0 saturated carbocycles. The summed E-state index contributed by atoms with van der Waals surface area (Å²) in [5, 5.41) is 0. The predicted molar refractivity (Wildman–Crippen MR) is 128 cm³/mol. The molecule has 0 radical (unpaired) electrons. The smallest absolute Gasteiger partial charge is 0.270 e. The number of hydrogen-bond acceptors (Lipinski definition) is 4. The number of nitrogens with one attached hydrogen (secondary N) is 1. The Morgan fingerprint density at radius 3 is 2.41 bits per heavy atom. The highest BCUT2D eigenvalue weighted by Crippen LogP contribution is 2.33. The van der Waals surface area contributed by atoms with Crippen molar-refractivity contribution in [2.45, 2.75) is 12.8 Å². The Labute approximate surface area is 197 Å². The molecule has 4 aromatic rings. The second-order valence-electron chi connectivity index (χ2n) is 9.25. The van der Waals surface area contributed by atoms with Gasteiger partial charge in [-0.3, -0.25) is 9.59 Å². The Hall–Kier alpha value is -3.87. The van der Waals surface area contributed by atoms with E-state index in [9.17, 15) is 9.59 Å². The van der Waals surface area contributed by atoms with Crippen LogP contribution in [0.1, 0.15) is 33.7 Å². The normalized spacial score (nSPS) is 17.2. The van der Waals surface area contributed by atoms with Gasteiger partial charge in [0, 0.05) is 43.5 Å². The van der Waals surface area contributed by atoms with Gasteiger partial charge in [0.2, 0.25) is 5.89 Å².